The molecule has 0 aliphatic carbocycles. The number of anilines is 1. The standard InChI is InChI=1S/C11H18N2O5S/c1-18-10-8-9(12)2-3-11(10)19(16,17)13(4-6-14)5-7-15/h2-3,8,14-15H,4-7,12H2,1H3. The minimum Gasteiger partial charge on any atom is -0.495 e. The van der Waals surface area contributed by atoms with Gasteiger partial charge in [-0.1, -0.05) is 0 Å². The highest BCUT2D eigenvalue weighted by Gasteiger charge is 2.27. The lowest BCUT2D eigenvalue weighted by molar-refractivity contribution is 0.217. The molecule has 0 aromatic heterocycles. The van der Waals surface area contributed by atoms with Gasteiger partial charge >= 0.3 is 0 Å². The summed E-state index contributed by atoms with van der Waals surface area (Å²) < 4.78 is 30.8. The van der Waals surface area contributed by atoms with Gasteiger partial charge in [0.2, 0.25) is 10.0 Å². The van der Waals surface area contributed by atoms with Gasteiger partial charge in [0.25, 0.3) is 0 Å². The molecule has 0 aliphatic rings. The molecule has 4 N–H and O–H groups in total. The molecule has 0 unspecified atom stereocenters. The van der Waals surface area contributed by atoms with E-state index < -0.39 is 10.0 Å². The molecule has 8 heteroatoms. The number of nitrogens with zero attached hydrogens (tertiary/aromatic N) is 1. The normalized spacial score (nSPS) is 11.8. The number of rotatable bonds is 7. The maximum absolute atomic E-state index is 12.4. The van der Waals surface area contributed by atoms with Gasteiger partial charge in [-0.25, -0.2) is 8.42 Å². The van der Waals surface area contributed by atoms with Crippen LogP contribution in [0.25, 0.3) is 0 Å². The fourth-order valence-electron chi connectivity index (χ4n) is 1.61. The third kappa shape index (κ3) is 3.57. The maximum Gasteiger partial charge on any atom is 0.246 e. The van der Waals surface area contributed by atoms with Crippen LogP contribution in [0.15, 0.2) is 23.1 Å². The fraction of sp³-hybridized carbons (Fsp3) is 0.455. The summed E-state index contributed by atoms with van der Waals surface area (Å²) in [6, 6.07) is 4.19. The third-order valence-electron chi connectivity index (χ3n) is 2.50. The van der Waals surface area contributed by atoms with E-state index in [0.29, 0.717) is 5.69 Å². The minimum atomic E-state index is -3.85. The van der Waals surface area contributed by atoms with E-state index in [-0.39, 0.29) is 36.9 Å². The topological polar surface area (TPSA) is 113 Å². The average molecular weight is 290 g/mol. The van der Waals surface area contributed by atoms with E-state index in [4.69, 9.17) is 20.7 Å². The van der Waals surface area contributed by atoms with E-state index in [1.54, 1.807) is 0 Å². The summed E-state index contributed by atoms with van der Waals surface area (Å²) in [7, 11) is -2.51. The molecule has 1 aromatic rings. The van der Waals surface area contributed by atoms with Crippen molar-refractivity contribution in [2.24, 2.45) is 0 Å². The van der Waals surface area contributed by atoms with Crippen LogP contribution in [0.5, 0.6) is 5.75 Å². The van der Waals surface area contributed by atoms with Crippen molar-refractivity contribution >= 4 is 15.7 Å². The Kier molecular flexibility index (Phi) is 5.55. The van der Waals surface area contributed by atoms with Gasteiger partial charge in [-0.3, -0.25) is 0 Å². The van der Waals surface area contributed by atoms with Crippen LogP contribution < -0.4 is 10.5 Å². The number of nitrogen functional groups attached to an aromatic ring is 1. The summed E-state index contributed by atoms with van der Waals surface area (Å²) in [4.78, 5) is -0.0499. The van der Waals surface area contributed by atoms with Gasteiger partial charge < -0.3 is 20.7 Å². The van der Waals surface area contributed by atoms with Gasteiger partial charge in [0.05, 0.1) is 20.3 Å². The second kappa shape index (κ2) is 6.71. The van der Waals surface area contributed by atoms with Crippen LogP contribution in [0.3, 0.4) is 0 Å². The van der Waals surface area contributed by atoms with Crippen molar-refractivity contribution in [1.82, 2.24) is 4.31 Å². The van der Waals surface area contributed by atoms with Crippen molar-refractivity contribution in [2.45, 2.75) is 4.90 Å². The zero-order chi connectivity index (χ0) is 14.5. The van der Waals surface area contributed by atoms with E-state index >= 15 is 0 Å². The summed E-state index contributed by atoms with van der Waals surface area (Å²) in [5.41, 5.74) is 5.95. The zero-order valence-corrected chi connectivity index (χ0v) is 11.4. The Morgan fingerprint density at radius 2 is 1.84 bits per heavy atom. The van der Waals surface area contributed by atoms with Gasteiger partial charge in [0, 0.05) is 24.8 Å². The van der Waals surface area contributed by atoms with E-state index in [0.717, 1.165) is 4.31 Å². The van der Waals surface area contributed by atoms with Crippen molar-refractivity contribution in [3.8, 4) is 5.75 Å². The Morgan fingerprint density at radius 3 is 2.32 bits per heavy atom. The van der Waals surface area contributed by atoms with E-state index in [9.17, 15) is 8.42 Å². The molecule has 7 nitrogen and oxygen atoms in total. The fourth-order valence-corrected chi connectivity index (χ4v) is 3.17. The first-order valence-corrected chi connectivity index (χ1v) is 7.06. The number of benzene rings is 1. The Balaban J connectivity index is 3.24. The molecule has 0 bridgehead atoms. The molecule has 108 valence electrons. The van der Waals surface area contributed by atoms with Crippen molar-refractivity contribution in [3.63, 3.8) is 0 Å². The lowest BCUT2D eigenvalue weighted by atomic mass is 10.3. The number of ether oxygens (including phenoxy) is 1. The third-order valence-corrected chi connectivity index (χ3v) is 4.44. The molecule has 0 spiro atoms. The second-order valence-electron chi connectivity index (χ2n) is 3.76. The van der Waals surface area contributed by atoms with Crippen molar-refractivity contribution in [2.75, 3.05) is 39.1 Å². The SMILES string of the molecule is COc1cc(N)ccc1S(=O)(=O)N(CCO)CCO. The van der Waals surface area contributed by atoms with E-state index in [1.807, 2.05) is 0 Å². The van der Waals surface area contributed by atoms with Crippen molar-refractivity contribution in [3.05, 3.63) is 18.2 Å². The number of nitrogens with two attached hydrogens (primary N) is 1. The predicted octanol–water partition coefficient (Wildman–Crippen LogP) is -0.747. The van der Waals surface area contributed by atoms with Crippen LogP contribution in [-0.2, 0) is 10.0 Å². The summed E-state index contributed by atoms with van der Waals surface area (Å²) in [6.07, 6.45) is 0. The Bertz CT molecular complexity index is 512. The Labute approximate surface area is 112 Å². The van der Waals surface area contributed by atoms with Gasteiger partial charge in [-0.2, -0.15) is 4.31 Å². The number of aliphatic hydroxyl groups excluding tert-OH is 2. The zero-order valence-electron chi connectivity index (χ0n) is 10.6. The van der Waals surface area contributed by atoms with Gasteiger partial charge in [-0.05, 0) is 12.1 Å². The quantitative estimate of drug-likeness (QED) is 0.570. The molecule has 0 amide bonds. The molecule has 19 heavy (non-hydrogen) atoms. The highest BCUT2D eigenvalue weighted by molar-refractivity contribution is 7.89. The number of hydrogen-bond acceptors (Lipinski definition) is 6. The molecule has 0 heterocycles. The molecule has 0 radical (unpaired) electrons. The van der Waals surface area contributed by atoms with Crippen molar-refractivity contribution < 1.29 is 23.4 Å². The summed E-state index contributed by atoms with van der Waals surface area (Å²) in [6.45, 7) is -0.875. The molecule has 0 atom stereocenters. The Morgan fingerprint density at radius 1 is 1.26 bits per heavy atom. The first-order valence-electron chi connectivity index (χ1n) is 5.62. The molecular formula is C11H18N2O5S. The second-order valence-corrected chi connectivity index (χ2v) is 5.67. The van der Waals surface area contributed by atoms with Crippen LogP contribution in [0.1, 0.15) is 0 Å². The van der Waals surface area contributed by atoms with Crippen LogP contribution in [0.4, 0.5) is 5.69 Å². The van der Waals surface area contributed by atoms with Gasteiger partial charge in [0.1, 0.15) is 10.6 Å². The van der Waals surface area contributed by atoms with Gasteiger partial charge in [0.15, 0.2) is 0 Å². The Hall–Kier alpha value is -1.35. The molecular weight excluding hydrogens is 272 g/mol. The maximum atomic E-state index is 12.4. The highest BCUT2D eigenvalue weighted by Crippen LogP contribution is 2.28. The van der Waals surface area contributed by atoms with Crippen LogP contribution >= 0.6 is 0 Å². The molecule has 0 saturated carbocycles. The molecule has 0 saturated heterocycles. The summed E-state index contributed by atoms with van der Waals surface area (Å²) in [5, 5.41) is 17.8. The van der Waals surface area contributed by atoms with Crippen molar-refractivity contribution in [1.29, 1.82) is 0 Å². The smallest absolute Gasteiger partial charge is 0.246 e. The number of methoxy groups -OCH3 is 1. The highest BCUT2D eigenvalue weighted by atomic mass is 32.2. The van der Waals surface area contributed by atoms with Crippen LogP contribution in [-0.4, -0.2) is 56.3 Å². The first kappa shape index (κ1) is 15.7. The lowest BCUT2D eigenvalue weighted by Crippen LogP contribution is -2.36. The average Bonchev–Trinajstić information content (AvgIpc) is 2.38. The number of sulfonamides is 1. The van der Waals surface area contributed by atoms with E-state index in [1.165, 1.54) is 25.3 Å². The largest absolute Gasteiger partial charge is 0.495 e. The molecule has 0 fully saturated rings. The predicted molar refractivity (Wildman–Crippen MR) is 70.3 cm³/mol. The monoisotopic (exact) mass is 290 g/mol. The minimum absolute atomic E-state index is 0.0499. The summed E-state index contributed by atoms with van der Waals surface area (Å²) >= 11 is 0. The van der Waals surface area contributed by atoms with Crippen LogP contribution in [0.2, 0.25) is 0 Å². The molecule has 1 rings (SSSR count). The van der Waals surface area contributed by atoms with E-state index in [2.05, 4.69) is 0 Å². The summed E-state index contributed by atoms with van der Waals surface area (Å²) in [5.74, 6) is 0.126. The first-order chi connectivity index (χ1) is 8.97. The van der Waals surface area contributed by atoms with Crippen LogP contribution in [0, 0.1) is 0 Å². The molecule has 1 aromatic carbocycles. The number of aliphatic hydroxyl groups is 2. The van der Waals surface area contributed by atoms with Gasteiger partial charge in [-0.15, -0.1) is 0 Å². The lowest BCUT2D eigenvalue weighted by Gasteiger charge is -2.21. The molecule has 0 aliphatic heterocycles. The number of hydrogen-bond donors (Lipinski definition) is 3.